The van der Waals surface area contributed by atoms with Gasteiger partial charge in [-0.2, -0.15) is 0 Å². The number of amides is 1. The van der Waals surface area contributed by atoms with E-state index in [2.05, 4.69) is 13.8 Å². The van der Waals surface area contributed by atoms with Crippen molar-refractivity contribution in [2.45, 2.75) is 33.6 Å². The van der Waals surface area contributed by atoms with E-state index in [1.54, 1.807) is 4.90 Å². The third kappa shape index (κ3) is 2.05. The van der Waals surface area contributed by atoms with Crippen LogP contribution in [-0.2, 0) is 9.59 Å². The van der Waals surface area contributed by atoms with Crippen LogP contribution in [0, 0.1) is 23.2 Å². The largest absolute Gasteiger partial charge is 0.481 e. The first-order valence-electron chi connectivity index (χ1n) is 6.40. The Bertz CT molecular complexity index is 355. The van der Waals surface area contributed by atoms with E-state index in [4.69, 9.17) is 5.11 Å². The van der Waals surface area contributed by atoms with Crippen molar-refractivity contribution >= 4 is 11.9 Å². The number of rotatable bonds is 3. The van der Waals surface area contributed by atoms with Crippen molar-refractivity contribution < 1.29 is 14.7 Å². The molecule has 0 aromatic carbocycles. The monoisotopic (exact) mass is 239 g/mol. The van der Waals surface area contributed by atoms with Crippen molar-refractivity contribution in [3.8, 4) is 0 Å². The summed E-state index contributed by atoms with van der Waals surface area (Å²) in [6, 6.07) is 0. The highest BCUT2D eigenvalue weighted by Gasteiger charge is 2.55. The molecule has 2 unspecified atom stereocenters. The summed E-state index contributed by atoms with van der Waals surface area (Å²) in [5.41, 5.74) is 0.168. The molecule has 96 valence electrons. The molecule has 2 rings (SSSR count). The molecule has 4 heteroatoms. The molecule has 2 fully saturated rings. The number of likely N-dealkylation sites (tertiary alicyclic amines) is 1. The van der Waals surface area contributed by atoms with Crippen molar-refractivity contribution in [1.29, 1.82) is 0 Å². The van der Waals surface area contributed by atoms with E-state index in [0.717, 1.165) is 12.8 Å². The molecule has 4 atom stereocenters. The summed E-state index contributed by atoms with van der Waals surface area (Å²) in [5, 5.41) is 9.05. The zero-order valence-corrected chi connectivity index (χ0v) is 10.8. The normalized spacial score (nSPS) is 40.4. The van der Waals surface area contributed by atoms with Gasteiger partial charge in [-0.3, -0.25) is 9.59 Å². The summed E-state index contributed by atoms with van der Waals surface area (Å²) in [6.45, 7) is 7.17. The van der Waals surface area contributed by atoms with Gasteiger partial charge in [0.25, 0.3) is 0 Å². The Morgan fingerprint density at radius 1 is 1.41 bits per heavy atom. The Morgan fingerprint density at radius 2 is 2.06 bits per heavy atom. The van der Waals surface area contributed by atoms with Gasteiger partial charge in [0.15, 0.2) is 0 Å². The van der Waals surface area contributed by atoms with Crippen molar-refractivity contribution in [3.05, 3.63) is 0 Å². The number of aliphatic carboxylic acids is 1. The van der Waals surface area contributed by atoms with E-state index in [9.17, 15) is 9.59 Å². The lowest BCUT2D eigenvalue weighted by Crippen LogP contribution is -2.32. The Balaban J connectivity index is 1.98. The van der Waals surface area contributed by atoms with Crippen LogP contribution in [0.5, 0.6) is 0 Å². The molecule has 0 radical (unpaired) electrons. The Kier molecular flexibility index (Phi) is 2.92. The van der Waals surface area contributed by atoms with E-state index in [1.165, 1.54) is 0 Å². The second-order valence-electron chi connectivity index (χ2n) is 5.93. The van der Waals surface area contributed by atoms with Crippen LogP contribution in [0.2, 0.25) is 0 Å². The predicted molar refractivity (Wildman–Crippen MR) is 63.4 cm³/mol. The standard InChI is InChI=1S/C13H21NO3/c1-4-13(3)5-10(13)11(15)14-6-8(2)9(7-14)12(16)17/h8-10H,4-7H2,1-3H3,(H,16,17)/t8-,9-,10?,13?/m1/s1. The Morgan fingerprint density at radius 3 is 2.47 bits per heavy atom. The Labute approximate surface area is 102 Å². The molecule has 0 bridgehead atoms. The first kappa shape index (κ1) is 12.4. The molecule has 1 aliphatic heterocycles. The summed E-state index contributed by atoms with van der Waals surface area (Å²) in [5.74, 6) is -0.785. The molecule has 2 aliphatic rings. The van der Waals surface area contributed by atoms with E-state index < -0.39 is 5.97 Å². The molecule has 1 heterocycles. The van der Waals surface area contributed by atoms with Crippen LogP contribution in [0.15, 0.2) is 0 Å². The van der Waals surface area contributed by atoms with Crippen LogP contribution in [0.1, 0.15) is 33.6 Å². The minimum absolute atomic E-state index is 0.0723. The molecule has 17 heavy (non-hydrogen) atoms. The molecular weight excluding hydrogens is 218 g/mol. The van der Waals surface area contributed by atoms with Gasteiger partial charge in [-0.25, -0.2) is 0 Å². The van der Waals surface area contributed by atoms with Gasteiger partial charge in [-0.05, 0) is 24.2 Å². The highest BCUT2D eigenvalue weighted by molar-refractivity contribution is 5.84. The second-order valence-corrected chi connectivity index (χ2v) is 5.93. The first-order valence-corrected chi connectivity index (χ1v) is 6.40. The van der Waals surface area contributed by atoms with Crippen molar-refractivity contribution in [2.75, 3.05) is 13.1 Å². The van der Waals surface area contributed by atoms with Gasteiger partial charge in [0.05, 0.1) is 5.92 Å². The SMILES string of the molecule is CCC1(C)CC1C(=O)N1C[C@@H](C)[C@H](C(=O)O)C1. The number of nitrogens with zero attached hydrogens (tertiary/aromatic N) is 1. The summed E-state index contributed by atoms with van der Waals surface area (Å²) in [4.78, 5) is 25.0. The van der Waals surface area contributed by atoms with Crippen molar-refractivity contribution in [2.24, 2.45) is 23.2 Å². The molecular formula is C13H21NO3. The first-order chi connectivity index (χ1) is 7.89. The average molecular weight is 239 g/mol. The van der Waals surface area contributed by atoms with Gasteiger partial charge < -0.3 is 10.0 Å². The molecule has 1 aliphatic carbocycles. The van der Waals surface area contributed by atoms with Gasteiger partial charge in [0.2, 0.25) is 5.91 Å². The van der Waals surface area contributed by atoms with Crippen LogP contribution in [-0.4, -0.2) is 35.0 Å². The van der Waals surface area contributed by atoms with Crippen LogP contribution in [0.3, 0.4) is 0 Å². The number of hydrogen-bond acceptors (Lipinski definition) is 2. The maximum Gasteiger partial charge on any atom is 0.308 e. The number of carboxylic acids is 1. The lowest BCUT2D eigenvalue weighted by atomic mass is 9.99. The van der Waals surface area contributed by atoms with Gasteiger partial charge in [-0.15, -0.1) is 0 Å². The molecule has 0 aromatic rings. The lowest BCUT2D eigenvalue weighted by Gasteiger charge is -2.17. The summed E-state index contributed by atoms with van der Waals surface area (Å²) in [7, 11) is 0. The molecule has 1 saturated heterocycles. The van der Waals surface area contributed by atoms with Crippen molar-refractivity contribution in [1.82, 2.24) is 4.90 Å². The topological polar surface area (TPSA) is 57.6 Å². The third-order valence-electron chi connectivity index (χ3n) is 4.70. The second kappa shape index (κ2) is 4.00. The fourth-order valence-corrected chi connectivity index (χ4v) is 2.87. The zero-order valence-electron chi connectivity index (χ0n) is 10.8. The van der Waals surface area contributed by atoms with Crippen LogP contribution in [0.25, 0.3) is 0 Å². The quantitative estimate of drug-likeness (QED) is 0.814. The molecule has 1 saturated carbocycles. The predicted octanol–water partition coefficient (Wildman–Crippen LogP) is 1.60. The van der Waals surface area contributed by atoms with E-state index >= 15 is 0 Å². The minimum atomic E-state index is -0.776. The maximum absolute atomic E-state index is 12.2. The van der Waals surface area contributed by atoms with Gasteiger partial charge in [0.1, 0.15) is 0 Å². The van der Waals surface area contributed by atoms with Gasteiger partial charge in [-0.1, -0.05) is 20.8 Å². The molecule has 0 spiro atoms. The number of carbonyl (C=O) groups excluding carboxylic acids is 1. The minimum Gasteiger partial charge on any atom is -0.481 e. The van der Waals surface area contributed by atoms with Gasteiger partial charge in [0, 0.05) is 19.0 Å². The molecule has 1 amide bonds. The average Bonchev–Trinajstić information content (AvgIpc) is 2.79. The fourth-order valence-electron chi connectivity index (χ4n) is 2.87. The number of carboxylic acid groups (broad SMARTS) is 1. The highest BCUT2D eigenvalue weighted by Crippen LogP contribution is 2.55. The summed E-state index contributed by atoms with van der Waals surface area (Å²) >= 11 is 0. The summed E-state index contributed by atoms with van der Waals surface area (Å²) < 4.78 is 0. The van der Waals surface area contributed by atoms with Crippen LogP contribution >= 0.6 is 0 Å². The molecule has 0 aromatic heterocycles. The summed E-state index contributed by atoms with van der Waals surface area (Å²) in [6.07, 6.45) is 1.99. The zero-order chi connectivity index (χ0) is 12.8. The lowest BCUT2D eigenvalue weighted by molar-refractivity contribution is -0.142. The third-order valence-corrected chi connectivity index (χ3v) is 4.70. The van der Waals surface area contributed by atoms with Crippen LogP contribution < -0.4 is 0 Å². The van der Waals surface area contributed by atoms with Crippen molar-refractivity contribution in [3.63, 3.8) is 0 Å². The van der Waals surface area contributed by atoms with E-state index in [1.807, 2.05) is 6.92 Å². The molecule has 4 nitrogen and oxygen atoms in total. The highest BCUT2D eigenvalue weighted by atomic mass is 16.4. The van der Waals surface area contributed by atoms with Crippen LogP contribution in [0.4, 0.5) is 0 Å². The number of carbonyl (C=O) groups is 2. The van der Waals surface area contributed by atoms with E-state index in [0.29, 0.717) is 13.1 Å². The van der Waals surface area contributed by atoms with Gasteiger partial charge >= 0.3 is 5.97 Å². The smallest absolute Gasteiger partial charge is 0.308 e. The molecule has 1 N–H and O–H groups in total. The maximum atomic E-state index is 12.2. The fraction of sp³-hybridized carbons (Fsp3) is 0.846. The van der Waals surface area contributed by atoms with E-state index in [-0.39, 0.29) is 29.1 Å². The number of hydrogen-bond donors (Lipinski definition) is 1. The Hall–Kier alpha value is -1.06.